The Hall–Kier alpha value is -2.63. The molecule has 6 heteroatoms. The molecule has 0 saturated heterocycles. The molecule has 1 aromatic carbocycles. The Balaban J connectivity index is 2.28. The van der Waals surface area contributed by atoms with Crippen LogP contribution in [0.5, 0.6) is 5.75 Å². The molecular weight excluding hydrogens is 328 g/mol. The Morgan fingerprint density at radius 3 is 2.46 bits per heavy atom. The highest BCUT2D eigenvalue weighted by Crippen LogP contribution is 2.26. The van der Waals surface area contributed by atoms with Crippen LogP contribution >= 0.6 is 0 Å². The molecule has 140 valence electrons. The highest BCUT2D eigenvalue weighted by atomic mass is 16.5. The van der Waals surface area contributed by atoms with Gasteiger partial charge in [-0.3, -0.25) is 4.79 Å². The zero-order chi connectivity index (χ0) is 18.9. The summed E-state index contributed by atoms with van der Waals surface area (Å²) in [5.74, 6) is 1.07. The normalized spacial score (nSPS) is 10.5. The fraction of sp³-hybridized carbons (Fsp3) is 0.450. The lowest BCUT2D eigenvalue weighted by molar-refractivity contribution is 0.0749. The molecule has 1 N–H and O–H groups in total. The minimum Gasteiger partial charge on any atom is -0.492 e. The number of aryl methyl sites for hydroxylation is 1. The summed E-state index contributed by atoms with van der Waals surface area (Å²) in [6.45, 7) is 9.96. The first-order valence-corrected chi connectivity index (χ1v) is 9.22. The molecule has 2 rings (SSSR count). The Bertz CT molecular complexity index is 728. The molecule has 0 fully saturated rings. The van der Waals surface area contributed by atoms with Crippen molar-refractivity contribution in [3.8, 4) is 5.75 Å². The summed E-state index contributed by atoms with van der Waals surface area (Å²) in [5, 5.41) is 3.18. The molecule has 2 aromatic rings. The highest BCUT2D eigenvalue weighted by molar-refractivity contribution is 5.92. The zero-order valence-electron chi connectivity index (χ0n) is 16.1. The lowest BCUT2D eigenvalue weighted by Crippen LogP contribution is -2.33. The second-order valence-electron chi connectivity index (χ2n) is 6.06. The van der Waals surface area contributed by atoms with Gasteiger partial charge in [-0.2, -0.15) is 0 Å². The van der Waals surface area contributed by atoms with Crippen molar-refractivity contribution < 1.29 is 9.53 Å². The van der Waals surface area contributed by atoms with Crippen LogP contribution in [0, 0.1) is 6.92 Å². The monoisotopic (exact) mass is 356 g/mol. The van der Waals surface area contributed by atoms with Crippen LogP contribution in [0.4, 0.5) is 11.6 Å². The number of anilines is 2. The second kappa shape index (κ2) is 9.75. The largest absolute Gasteiger partial charge is 0.492 e. The number of carbonyl (C=O) groups is 1. The van der Waals surface area contributed by atoms with Crippen LogP contribution in [0.1, 0.15) is 49.8 Å². The van der Waals surface area contributed by atoms with E-state index in [-0.39, 0.29) is 5.91 Å². The van der Waals surface area contributed by atoms with Gasteiger partial charge in [0.1, 0.15) is 11.4 Å². The van der Waals surface area contributed by atoms with Crippen LogP contribution in [0.15, 0.2) is 30.3 Å². The van der Waals surface area contributed by atoms with Crippen molar-refractivity contribution in [2.45, 2.75) is 40.5 Å². The summed E-state index contributed by atoms with van der Waals surface area (Å²) < 4.78 is 5.63. The van der Waals surface area contributed by atoms with E-state index >= 15 is 0 Å². The number of hydrogen-bond donors (Lipinski definition) is 1. The molecular formula is C20H28N4O2. The molecule has 0 atom stereocenters. The van der Waals surface area contributed by atoms with E-state index in [2.05, 4.69) is 29.1 Å². The minimum absolute atomic E-state index is 0.0552. The number of amides is 1. The van der Waals surface area contributed by atoms with Crippen molar-refractivity contribution in [2.75, 3.05) is 25.0 Å². The first kappa shape index (κ1) is 19.7. The molecule has 0 aliphatic rings. The van der Waals surface area contributed by atoms with Crippen molar-refractivity contribution in [3.63, 3.8) is 0 Å². The van der Waals surface area contributed by atoms with Gasteiger partial charge in [-0.25, -0.2) is 9.97 Å². The van der Waals surface area contributed by atoms with Crippen molar-refractivity contribution >= 4 is 17.5 Å². The van der Waals surface area contributed by atoms with Crippen LogP contribution in [0.25, 0.3) is 0 Å². The molecule has 0 aliphatic carbocycles. The summed E-state index contributed by atoms with van der Waals surface area (Å²) in [7, 11) is 0. The van der Waals surface area contributed by atoms with E-state index in [0.717, 1.165) is 43.1 Å². The van der Waals surface area contributed by atoms with Gasteiger partial charge >= 0.3 is 0 Å². The number of para-hydroxylation sites is 2. The van der Waals surface area contributed by atoms with Crippen molar-refractivity contribution in [2.24, 2.45) is 0 Å². The van der Waals surface area contributed by atoms with Gasteiger partial charge in [-0.1, -0.05) is 26.0 Å². The predicted octanol–water partition coefficient (Wildman–Crippen LogP) is 4.19. The number of rotatable bonds is 9. The topological polar surface area (TPSA) is 67.4 Å². The number of aromatic nitrogens is 2. The van der Waals surface area contributed by atoms with E-state index in [1.54, 1.807) is 6.07 Å². The summed E-state index contributed by atoms with van der Waals surface area (Å²) in [6, 6.07) is 9.35. The molecule has 0 radical (unpaired) electrons. The summed E-state index contributed by atoms with van der Waals surface area (Å²) in [6.07, 6.45) is 1.84. The van der Waals surface area contributed by atoms with Crippen molar-refractivity contribution in [1.82, 2.24) is 14.9 Å². The molecule has 1 aromatic heterocycles. The molecule has 1 heterocycles. The highest BCUT2D eigenvalue weighted by Gasteiger charge is 2.17. The standard InChI is InChI=1S/C20H28N4O2/c1-5-12-24(13-6-2)19(25)17-14-15(4)21-20(23-17)22-16-10-8-9-11-18(16)26-7-3/h8-11,14H,5-7,12-13H2,1-4H3,(H,21,22,23). The molecule has 0 unspecified atom stereocenters. The summed E-state index contributed by atoms with van der Waals surface area (Å²) in [5.41, 5.74) is 1.93. The fourth-order valence-corrected chi connectivity index (χ4v) is 2.72. The third-order valence-corrected chi connectivity index (χ3v) is 3.78. The molecule has 0 spiro atoms. The molecule has 0 bridgehead atoms. The van der Waals surface area contributed by atoms with Crippen LogP contribution in [0.2, 0.25) is 0 Å². The first-order chi connectivity index (χ1) is 12.6. The fourth-order valence-electron chi connectivity index (χ4n) is 2.72. The predicted molar refractivity (Wildman–Crippen MR) is 104 cm³/mol. The van der Waals surface area contributed by atoms with Gasteiger partial charge in [-0.05, 0) is 44.9 Å². The van der Waals surface area contributed by atoms with Crippen LogP contribution in [-0.2, 0) is 0 Å². The quantitative estimate of drug-likeness (QED) is 0.730. The average molecular weight is 356 g/mol. The van der Waals surface area contributed by atoms with Gasteiger partial charge in [0.05, 0.1) is 12.3 Å². The molecule has 0 saturated carbocycles. The summed E-state index contributed by atoms with van der Waals surface area (Å²) in [4.78, 5) is 23.5. The lowest BCUT2D eigenvalue weighted by atomic mass is 10.2. The van der Waals surface area contributed by atoms with Gasteiger partial charge in [-0.15, -0.1) is 0 Å². The Morgan fingerprint density at radius 2 is 1.81 bits per heavy atom. The van der Waals surface area contributed by atoms with Crippen molar-refractivity contribution in [3.05, 3.63) is 41.7 Å². The number of benzene rings is 1. The molecule has 1 amide bonds. The Morgan fingerprint density at radius 1 is 1.12 bits per heavy atom. The van der Waals surface area contributed by atoms with E-state index in [0.29, 0.717) is 18.2 Å². The van der Waals surface area contributed by atoms with E-state index in [1.165, 1.54) is 0 Å². The van der Waals surface area contributed by atoms with Crippen LogP contribution in [0.3, 0.4) is 0 Å². The van der Waals surface area contributed by atoms with Crippen LogP contribution < -0.4 is 10.1 Å². The number of ether oxygens (including phenoxy) is 1. The van der Waals surface area contributed by atoms with Gasteiger partial charge in [0, 0.05) is 18.8 Å². The smallest absolute Gasteiger partial charge is 0.272 e. The van der Waals surface area contributed by atoms with Gasteiger partial charge in [0.15, 0.2) is 0 Å². The first-order valence-electron chi connectivity index (χ1n) is 9.22. The van der Waals surface area contributed by atoms with E-state index in [1.807, 2.05) is 43.0 Å². The van der Waals surface area contributed by atoms with Crippen LogP contribution in [-0.4, -0.2) is 40.5 Å². The molecule has 6 nitrogen and oxygen atoms in total. The Labute approximate surface area is 155 Å². The van der Waals surface area contributed by atoms with Gasteiger partial charge < -0.3 is 15.0 Å². The maximum Gasteiger partial charge on any atom is 0.272 e. The molecule has 26 heavy (non-hydrogen) atoms. The van der Waals surface area contributed by atoms with E-state index in [9.17, 15) is 4.79 Å². The van der Waals surface area contributed by atoms with Gasteiger partial charge in [0.2, 0.25) is 5.95 Å². The lowest BCUT2D eigenvalue weighted by Gasteiger charge is -2.21. The number of hydrogen-bond acceptors (Lipinski definition) is 5. The number of carbonyl (C=O) groups excluding carboxylic acids is 1. The maximum absolute atomic E-state index is 12.8. The van der Waals surface area contributed by atoms with Crippen molar-refractivity contribution in [1.29, 1.82) is 0 Å². The van der Waals surface area contributed by atoms with E-state index < -0.39 is 0 Å². The van der Waals surface area contributed by atoms with Gasteiger partial charge in [0.25, 0.3) is 5.91 Å². The second-order valence-corrected chi connectivity index (χ2v) is 6.06. The number of nitrogens with zero attached hydrogens (tertiary/aromatic N) is 3. The SMILES string of the molecule is CCCN(CCC)C(=O)c1cc(C)nc(Nc2ccccc2OCC)n1. The third-order valence-electron chi connectivity index (χ3n) is 3.78. The third kappa shape index (κ3) is 5.18. The zero-order valence-corrected chi connectivity index (χ0v) is 16.1. The Kier molecular flexibility index (Phi) is 7.38. The number of nitrogens with one attached hydrogen (secondary N) is 1. The van der Waals surface area contributed by atoms with E-state index in [4.69, 9.17) is 4.74 Å². The molecule has 0 aliphatic heterocycles. The maximum atomic E-state index is 12.8. The summed E-state index contributed by atoms with van der Waals surface area (Å²) >= 11 is 0. The minimum atomic E-state index is -0.0552. The average Bonchev–Trinajstić information content (AvgIpc) is 2.62.